The topological polar surface area (TPSA) is 109 Å². The number of carbonyl (C=O) groups is 1. The average Bonchev–Trinajstić information content (AvgIpc) is 2.01. The van der Waals surface area contributed by atoms with Gasteiger partial charge in [0.25, 0.3) is 5.56 Å². The SMILES string of the molecule is CC(Sc1nc(N)cc(=O)[nH]1)C(=O)O. The first-order valence-electron chi connectivity index (χ1n) is 3.75. The minimum absolute atomic E-state index is 0.0776. The molecule has 1 aromatic heterocycles. The number of nitrogen functional groups attached to an aromatic ring is 1. The number of anilines is 1. The Morgan fingerprint density at radius 2 is 2.43 bits per heavy atom. The molecule has 0 aliphatic carbocycles. The molecule has 0 amide bonds. The molecule has 6 nitrogen and oxygen atoms in total. The predicted molar refractivity (Wildman–Crippen MR) is 52.2 cm³/mol. The number of rotatable bonds is 3. The average molecular weight is 215 g/mol. The van der Waals surface area contributed by atoms with Gasteiger partial charge in [0.1, 0.15) is 11.1 Å². The van der Waals surface area contributed by atoms with Gasteiger partial charge in [0, 0.05) is 6.07 Å². The second-order valence-corrected chi connectivity index (χ2v) is 3.90. The fourth-order valence-electron chi connectivity index (χ4n) is 0.727. The summed E-state index contributed by atoms with van der Waals surface area (Å²) in [6.07, 6.45) is 0. The lowest BCUT2D eigenvalue weighted by atomic mass is 10.5. The molecule has 0 saturated carbocycles. The van der Waals surface area contributed by atoms with Crippen LogP contribution in [0.15, 0.2) is 16.0 Å². The maximum absolute atomic E-state index is 10.9. The molecule has 1 aromatic rings. The molecule has 14 heavy (non-hydrogen) atoms. The minimum atomic E-state index is -0.972. The van der Waals surface area contributed by atoms with E-state index in [9.17, 15) is 9.59 Å². The molecular weight excluding hydrogens is 206 g/mol. The fourth-order valence-corrected chi connectivity index (χ4v) is 1.48. The third-order valence-electron chi connectivity index (χ3n) is 1.38. The van der Waals surface area contributed by atoms with Gasteiger partial charge in [0.2, 0.25) is 0 Å². The molecule has 0 aliphatic rings. The summed E-state index contributed by atoms with van der Waals surface area (Å²) in [6, 6.07) is 1.13. The van der Waals surface area contributed by atoms with Crippen LogP contribution in [0.5, 0.6) is 0 Å². The molecular formula is C7H9N3O3S. The van der Waals surface area contributed by atoms with E-state index in [1.165, 1.54) is 6.92 Å². The molecule has 0 radical (unpaired) electrons. The number of hydrogen-bond acceptors (Lipinski definition) is 5. The number of H-pyrrole nitrogens is 1. The molecule has 0 saturated heterocycles. The first-order valence-corrected chi connectivity index (χ1v) is 4.63. The van der Waals surface area contributed by atoms with E-state index in [0.717, 1.165) is 17.8 Å². The number of aromatic amines is 1. The van der Waals surface area contributed by atoms with Gasteiger partial charge >= 0.3 is 5.97 Å². The van der Waals surface area contributed by atoms with Crippen molar-refractivity contribution in [3.63, 3.8) is 0 Å². The molecule has 0 spiro atoms. The highest BCUT2D eigenvalue weighted by atomic mass is 32.2. The van der Waals surface area contributed by atoms with Crippen molar-refractivity contribution < 1.29 is 9.90 Å². The number of nitrogens with one attached hydrogen (secondary N) is 1. The summed E-state index contributed by atoms with van der Waals surface area (Å²) in [4.78, 5) is 27.6. The largest absolute Gasteiger partial charge is 0.480 e. The van der Waals surface area contributed by atoms with E-state index in [-0.39, 0.29) is 11.0 Å². The number of aliphatic carboxylic acids is 1. The van der Waals surface area contributed by atoms with Crippen molar-refractivity contribution in [3.8, 4) is 0 Å². The smallest absolute Gasteiger partial charge is 0.316 e. The highest BCUT2D eigenvalue weighted by molar-refractivity contribution is 8.00. The van der Waals surface area contributed by atoms with Crippen LogP contribution < -0.4 is 11.3 Å². The van der Waals surface area contributed by atoms with Crippen LogP contribution in [0, 0.1) is 0 Å². The molecule has 0 bridgehead atoms. The van der Waals surface area contributed by atoms with E-state index >= 15 is 0 Å². The highest BCUT2D eigenvalue weighted by Gasteiger charge is 2.13. The van der Waals surface area contributed by atoms with Gasteiger partial charge in [-0.1, -0.05) is 11.8 Å². The Morgan fingerprint density at radius 1 is 1.79 bits per heavy atom. The summed E-state index contributed by atoms with van der Waals surface area (Å²) in [7, 11) is 0. The van der Waals surface area contributed by atoms with Crippen LogP contribution >= 0.6 is 11.8 Å². The van der Waals surface area contributed by atoms with E-state index in [1.54, 1.807) is 0 Å². The Labute approximate surface area is 83.5 Å². The molecule has 7 heteroatoms. The number of carboxylic acid groups (broad SMARTS) is 1. The summed E-state index contributed by atoms with van der Waals surface area (Å²) in [5, 5.41) is 8.14. The zero-order valence-electron chi connectivity index (χ0n) is 7.35. The van der Waals surface area contributed by atoms with E-state index in [4.69, 9.17) is 10.8 Å². The van der Waals surface area contributed by atoms with Crippen LogP contribution in [0.1, 0.15) is 6.92 Å². The van der Waals surface area contributed by atoms with Gasteiger partial charge in [-0.05, 0) is 6.92 Å². The summed E-state index contributed by atoms with van der Waals surface area (Å²) < 4.78 is 0. The summed E-state index contributed by atoms with van der Waals surface area (Å²) >= 11 is 0.934. The van der Waals surface area contributed by atoms with Crippen LogP contribution in [-0.4, -0.2) is 26.3 Å². The first kappa shape index (κ1) is 10.6. The van der Waals surface area contributed by atoms with Gasteiger partial charge in [-0.3, -0.25) is 9.59 Å². The third-order valence-corrected chi connectivity index (χ3v) is 2.35. The van der Waals surface area contributed by atoms with Crippen LogP contribution in [0.4, 0.5) is 5.82 Å². The van der Waals surface area contributed by atoms with Crippen LogP contribution in [0.2, 0.25) is 0 Å². The Hall–Kier alpha value is -1.50. The molecule has 1 atom stereocenters. The zero-order valence-corrected chi connectivity index (χ0v) is 8.17. The van der Waals surface area contributed by atoms with Crippen molar-refractivity contribution in [3.05, 3.63) is 16.4 Å². The fraction of sp³-hybridized carbons (Fsp3) is 0.286. The maximum atomic E-state index is 10.9. The Kier molecular flexibility index (Phi) is 3.13. The second-order valence-electron chi connectivity index (χ2n) is 2.57. The number of aromatic nitrogens is 2. The predicted octanol–water partition coefficient (Wildman–Crippen LogP) is -0.0827. The summed E-state index contributed by atoms with van der Waals surface area (Å²) in [5.41, 5.74) is 4.93. The number of nitrogens with two attached hydrogens (primary N) is 1. The van der Waals surface area contributed by atoms with Crippen LogP contribution in [0.25, 0.3) is 0 Å². The van der Waals surface area contributed by atoms with Gasteiger partial charge in [0.05, 0.1) is 0 Å². The maximum Gasteiger partial charge on any atom is 0.316 e. The van der Waals surface area contributed by atoms with E-state index in [1.807, 2.05) is 0 Å². The number of hydrogen-bond donors (Lipinski definition) is 3. The van der Waals surface area contributed by atoms with E-state index in [2.05, 4.69) is 9.97 Å². The number of nitrogens with zero attached hydrogens (tertiary/aromatic N) is 1. The molecule has 1 heterocycles. The standard InChI is InChI=1S/C7H9N3O3S/c1-3(6(12)13)14-7-9-4(8)2-5(11)10-7/h2-3H,1H3,(H,12,13)(H3,8,9,10,11). The lowest BCUT2D eigenvalue weighted by Crippen LogP contribution is -2.15. The number of carboxylic acids is 1. The molecule has 4 N–H and O–H groups in total. The quantitative estimate of drug-likeness (QED) is 0.480. The number of thioether (sulfide) groups is 1. The van der Waals surface area contributed by atoms with Crippen molar-refractivity contribution in [1.82, 2.24) is 9.97 Å². The second kappa shape index (κ2) is 4.14. The Bertz CT molecular complexity index is 403. The summed E-state index contributed by atoms with van der Waals surface area (Å²) in [6.45, 7) is 1.50. The van der Waals surface area contributed by atoms with E-state index in [0.29, 0.717) is 0 Å². The van der Waals surface area contributed by atoms with Crippen molar-refractivity contribution in [2.24, 2.45) is 0 Å². The molecule has 0 fully saturated rings. The van der Waals surface area contributed by atoms with Gasteiger partial charge in [-0.2, -0.15) is 0 Å². The molecule has 0 aromatic carbocycles. The summed E-state index contributed by atoms with van der Waals surface area (Å²) in [5.74, 6) is -0.895. The van der Waals surface area contributed by atoms with Crippen molar-refractivity contribution in [2.75, 3.05) is 5.73 Å². The van der Waals surface area contributed by atoms with E-state index < -0.39 is 16.8 Å². The van der Waals surface area contributed by atoms with Gasteiger partial charge in [-0.25, -0.2) is 4.98 Å². The lowest BCUT2D eigenvalue weighted by molar-refractivity contribution is -0.136. The third kappa shape index (κ3) is 2.77. The van der Waals surface area contributed by atoms with Crippen LogP contribution in [-0.2, 0) is 4.79 Å². The molecule has 1 unspecified atom stereocenters. The zero-order chi connectivity index (χ0) is 10.7. The molecule has 76 valence electrons. The lowest BCUT2D eigenvalue weighted by Gasteiger charge is -2.04. The molecule has 1 rings (SSSR count). The van der Waals surface area contributed by atoms with Crippen molar-refractivity contribution in [1.29, 1.82) is 0 Å². The van der Waals surface area contributed by atoms with Gasteiger partial charge in [0.15, 0.2) is 5.16 Å². The van der Waals surface area contributed by atoms with Gasteiger partial charge < -0.3 is 15.8 Å². The van der Waals surface area contributed by atoms with Crippen molar-refractivity contribution >= 4 is 23.5 Å². The Balaban J connectivity index is 2.87. The van der Waals surface area contributed by atoms with Crippen molar-refractivity contribution in [2.45, 2.75) is 17.3 Å². The minimum Gasteiger partial charge on any atom is -0.480 e. The Morgan fingerprint density at radius 3 is 2.93 bits per heavy atom. The molecule has 0 aliphatic heterocycles. The van der Waals surface area contributed by atoms with Gasteiger partial charge in [-0.15, -0.1) is 0 Å². The first-order chi connectivity index (χ1) is 6.49. The highest BCUT2D eigenvalue weighted by Crippen LogP contribution is 2.18. The monoisotopic (exact) mass is 215 g/mol. The normalized spacial score (nSPS) is 12.4. The van der Waals surface area contributed by atoms with Crippen LogP contribution in [0.3, 0.4) is 0 Å².